The molecule has 0 unspecified atom stereocenters. The summed E-state index contributed by atoms with van der Waals surface area (Å²) in [7, 11) is 0. The van der Waals surface area contributed by atoms with Crippen LogP contribution in [0, 0.1) is 5.41 Å². The lowest BCUT2D eigenvalue weighted by Gasteiger charge is -2.30. The molecule has 0 radical (unpaired) electrons. The van der Waals surface area contributed by atoms with Gasteiger partial charge in [-0.3, -0.25) is 14.5 Å². The van der Waals surface area contributed by atoms with Crippen molar-refractivity contribution >= 4 is 11.8 Å². The number of rotatable bonds is 3. The Morgan fingerprint density at radius 3 is 2.41 bits per heavy atom. The molecular weight excluding hydrogens is 278 g/mol. The second-order valence-electron chi connectivity index (χ2n) is 8.13. The number of hydrogen-bond donors (Lipinski definition) is 1. The van der Waals surface area contributed by atoms with Crippen molar-refractivity contribution in [2.75, 3.05) is 19.6 Å². The minimum atomic E-state index is -0.418. The third-order valence-electron chi connectivity index (χ3n) is 5.09. The Balaban J connectivity index is 1.56. The second kappa shape index (κ2) is 5.84. The van der Waals surface area contributed by atoms with Crippen LogP contribution < -0.4 is 5.32 Å². The number of nitrogens with one attached hydrogen (secondary N) is 1. The molecule has 22 heavy (non-hydrogen) atoms. The molecule has 1 aliphatic carbocycles. The van der Waals surface area contributed by atoms with Gasteiger partial charge in [0, 0.05) is 37.1 Å². The number of nitrogens with zero attached hydrogens (tertiary/aromatic N) is 2. The number of amides is 2. The van der Waals surface area contributed by atoms with E-state index in [9.17, 15) is 9.59 Å². The van der Waals surface area contributed by atoms with Crippen LogP contribution in [0.4, 0.5) is 0 Å². The minimum Gasteiger partial charge on any atom is -0.350 e. The standard InChI is InChI=1S/C17H29N3O2/c1-17(2,3)16(22)20-9-4-5-14(20)15(21)18-12-8-10-19(11-12)13-6-7-13/h12-14H,4-11H2,1-3H3,(H,18,21)/t12-,14-/m1/s1. The first-order valence-corrected chi connectivity index (χ1v) is 8.72. The lowest BCUT2D eigenvalue weighted by atomic mass is 9.94. The zero-order valence-electron chi connectivity index (χ0n) is 14.1. The fraction of sp³-hybridized carbons (Fsp3) is 0.882. The smallest absolute Gasteiger partial charge is 0.243 e. The molecule has 3 rings (SSSR count). The average molecular weight is 307 g/mol. The van der Waals surface area contributed by atoms with Crippen molar-refractivity contribution in [3.8, 4) is 0 Å². The normalized spacial score (nSPS) is 29.9. The van der Waals surface area contributed by atoms with Crippen LogP contribution in [-0.4, -0.2) is 59.4 Å². The maximum atomic E-state index is 12.6. The predicted molar refractivity (Wildman–Crippen MR) is 85.3 cm³/mol. The Hall–Kier alpha value is -1.10. The van der Waals surface area contributed by atoms with E-state index in [0.29, 0.717) is 6.54 Å². The van der Waals surface area contributed by atoms with Crippen molar-refractivity contribution in [3.05, 3.63) is 0 Å². The molecular formula is C17H29N3O2. The summed E-state index contributed by atoms with van der Waals surface area (Å²) in [5.74, 6) is 0.147. The lowest BCUT2D eigenvalue weighted by Crippen LogP contribution is -2.51. The van der Waals surface area contributed by atoms with E-state index in [4.69, 9.17) is 0 Å². The Morgan fingerprint density at radius 1 is 1.05 bits per heavy atom. The van der Waals surface area contributed by atoms with E-state index < -0.39 is 5.41 Å². The van der Waals surface area contributed by atoms with Crippen molar-refractivity contribution in [2.24, 2.45) is 5.41 Å². The van der Waals surface area contributed by atoms with Gasteiger partial charge in [0.25, 0.3) is 0 Å². The van der Waals surface area contributed by atoms with Gasteiger partial charge in [-0.2, -0.15) is 0 Å². The van der Waals surface area contributed by atoms with Crippen molar-refractivity contribution in [2.45, 2.75) is 71.0 Å². The van der Waals surface area contributed by atoms with Crippen LogP contribution in [-0.2, 0) is 9.59 Å². The maximum Gasteiger partial charge on any atom is 0.243 e. The number of hydrogen-bond acceptors (Lipinski definition) is 3. The molecule has 0 aromatic heterocycles. The van der Waals surface area contributed by atoms with Gasteiger partial charge in [-0.1, -0.05) is 20.8 Å². The van der Waals surface area contributed by atoms with Crippen LogP contribution in [0.2, 0.25) is 0 Å². The summed E-state index contributed by atoms with van der Waals surface area (Å²) in [6.07, 6.45) is 5.40. The molecule has 0 bridgehead atoms. The van der Waals surface area contributed by atoms with E-state index in [1.54, 1.807) is 4.90 Å². The van der Waals surface area contributed by atoms with Crippen LogP contribution >= 0.6 is 0 Å². The van der Waals surface area contributed by atoms with Gasteiger partial charge in [-0.15, -0.1) is 0 Å². The second-order valence-corrected chi connectivity index (χ2v) is 8.13. The highest BCUT2D eigenvalue weighted by Gasteiger charge is 2.40. The van der Waals surface area contributed by atoms with Crippen LogP contribution in [0.25, 0.3) is 0 Å². The molecule has 124 valence electrons. The first-order valence-electron chi connectivity index (χ1n) is 8.72. The minimum absolute atomic E-state index is 0.0535. The fourth-order valence-electron chi connectivity index (χ4n) is 3.69. The van der Waals surface area contributed by atoms with Gasteiger partial charge in [0.1, 0.15) is 6.04 Å². The zero-order valence-corrected chi connectivity index (χ0v) is 14.1. The molecule has 2 atom stereocenters. The highest BCUT2D eigenvalue weighted by molar-refractivity contribution is 5.90. The SMILES string of the molecule is CC(C)(C)C(=O)N1CCC[C@@H]1C(=O)N[C@@H]1CCN(C2CC2)C1. The van der Waals surface area contributed by atoms with Gasteiger partial charge in [0.15, 0.2) is 0 Å². The molecule has 1 saturated carbocycles. The summed E-state index contributed by atoms with van der Waals surface area (Å²) < 4.78 is 0. The molecule has 0 spiro atoms. The van der Waals surface area contributed by atoms with Crippen LogP contribution in [0.15, 0.2) is 0 Å². The van der Waals surface area contributed by atoms with E-state index in [0.717, 1.165) is 38.4 Å². The monoisotopic (exact) mass is 307 g/mol. The van der Waals surface area contributed by atoms with E-state index in [1.807, 2.05) is 20.8 Å². The van der Waals surface area contributed by atoms with E-state index in [2.05, 4.69) is 10.2 Å². The third kappa shape index (κ3) is 3.29. The van der Waals surface area contributed by atoms with Gasteiger partial charge < -0.3 is 10.2 Å². The zero-order chi connectivity index (χ0) is 15.9. The Kier molecular flexibility index (Phi) is 4.19. The number of carbonyl (C=O) groups is 2. The summed E-state index contributed by atoms with van der Waals surface area (Å²) in [6, 6.07) is 0.773. The summed E-state index contributed by atoms with van der Waals surface area (Å²) in [4.78, 5) is 29.4. The Labute approximate surface area is 133 Å². The molecule has 3 fully saturated rings. The van der Waals surface area contributed by atoms with Crippen molar-refractivity contribution in [1.82, 2.24) is 15.1 Å². The first-order chi connectivity index (χ1) is 10.4. The van der Waals surface area contributed by atoms with Gasteiger partial charge in [0.05, 0.1) is 0 Å². The van der Waals surface area contributed by atoms with Gasteiger partial charge >= 0.3 is 0 Å². The number of carbonyl (C=O) groups excluding carboxylic acids is 2. The van der Waals surface area contributed by atoms with Crippen molar-refractivity contribution in [3.63, 3.8) is 0 Å². The molecule has 0 aromatic carbocycles. The molecule has 2 amide bonds. The first kappa shape index (κ1) is 15.8. The molecule has 1 N–H and O–H groups in total. The van der Waals surface area contributed by atoms with Crippen LogP contribution in [0.3, 0.4) is 0 Å². The fourth-order valence-corrected chi connectivity index (χ4v) is 3.69. The summed E-state index contributed by atoms with van der Waals surface area (Å²) >= 11 is 0. The third-order valence-corrected chi connectivity index (χ3v) is 5.09. The maximum absolute atomic E-state index is 12.6. The van der Waals surface area contributed by atoms with Crippen molar-refractivity contribution < 1.29 is 9.59 Å². The largest absolute Gasteiger partial charge is 0.350 e. The molecule has 0 aromatic rings. The van der Waals surface area contributed by atoms with E-state index in [1.165, 1.54) is 12.8 Å². The van der Waals surface area contributed by atoms with E-state index >= 15 is 0 Å². The quantitative estimate of drug-likeness (QED) is 0.857. The lowest BCUT2D eigenvalue weighted by molar-refractivity contribution is -0.144. The predicted octanol–water partition coefficient (Wildman–Crippen LogP) is 1.38. The van der Waals surface area contributed by atoms with Crippen LogP contribution in [0.5, 0.6) is 0 Å². The Bertz CT molecular complexity index is 453. The Morgan fingerprint density at radius 2 is 1.77 bits per heavy atom. The molecule has 2 heterocycles. The topological polar surface area (TPSA) is 52.7 Å². The van der Waals surface area contributed by atoms with Crippen LogP contribution in [0.1, 0.15) is 52.9 Å². The molecule has 2 aliphatic heterocycles. The molecule has 5 heteroatoms. The highest BCUT2D eigenvalue weighted by atomic mass is 16.2. The van der Waals surface area contributed by atoms with Crippen molar-refractivity contribution in [1.29, 1.82) is 0 Å². The average Bonchev–Trinajstić information content (AvgIpc) is 3.00. The molecule has 3 aliphatic rings. The number of likely N-dealkylation sites (tertiary alicyclic amines) is 2. The van der Waals surface area contributed by atoms with Gasteiger partial charge in [0.2, 0.25) is 11.8 Å². The van der Waals surface area contributed by atoms with E-state index in [-0.39, 0.29) is 23.9 Å². The van der Waals surface area contributed by atoms with Gasteiger partial charge in [-0.25, -0.2) is 0 Å². The summed E-state index contributed by atoms with van der Waals surface area (Å²) in [6.45, 7) is 8.57. The summed E-state index contributed by atoms with van der Waals surface area (Å²) in [5, 5.41) is 3.20. The highest BCUT2D eigenvalue weighted by Crippen LogP contribution is 2.30. The molecule has 5 nitrogen and oxygen atoms in total. The van der Waals surface area contributed by atoms with Gasteiger partial charge in [-0.05, 0) is 32.1 Å². The summed E-state index contributed by atoms with van der Waals surface area (Å²) in [5.41, 5.74) is -0.418. The molecule has 2 saturated heterocycles.